The Morgan fingerprint density at radius 2 is 1.53 bits per heavy atom. The van der Waals surface area contributed by atoms with Gasteiger partial charge in [0.2, 0.25) is 0 Å². The van der Waals surface area contributed by atoms with Crippen molar-refractivity contribution in [2.75, 3.05) is 25.1 Å². The molecule has 4 nitrogen and oxygen atoms in total. The molecular formula is C29H27F3N2O2. The molecule has 2 heterocycles. The second-order valence-electron chi connectivity index (χ2n) is 9.19. The standard InChI is InChI=1S/C29H27F3N2O2/c1-18-16-34(17-19(2)36-18)27-14-9-21(15-33-27)24-12-13-25-23(5-4-6-26(25)28(24)35-3)20-7-10-22(11-8-20)29(30,31)32/h4-15,18-19H,16-17H2,1-3H3. The minimum Gasteiger partial charge on any atom is -0.495 e. The van der Waals surface area contributed by atoms with Crippen LogP contribution in [0, 0.1) is 0 Å². The molecule has 0 radical (unpaired) electrons. The summed E-state index contributed by atoms with van der Waals surface area (Å²) >= 11 is 0. The lowest BCUT2D eigenvalue weighted by molar-refractivity contribution is -0.137. The molecule has 2 unspecified atom stereocenters. The van der Waals surface area contributed by atoms with Crippen LogP contribution >= 0.6 is 0 Å². The Hall–Kier alpha value is -3.58. The van der Waals surface area contributed by atoms with Gasteiger partial charge in [-0.25, -0.2) is 4.98 Å². The Balaban J connectivity index is 1.51. The quantitative estimate of drug-likeness (QED) is 0.302. The highest BCUT2D eigenvalue weighted by Crippen LogP contribution is 2.41. The minimum atomic E-state index is -4.36. The topological polar surface area (TPSA) is 34.6 Å². The molecule has 1 fully saturated rings. The lowest BCUT2D eigenvalue weighted by Crippen LogP contribution is -2.45. The van der Waals surface area contributed by atoms with E-state index < -0.39 is 11.7 Å². The number of aromatic nitrogens is 1. The monoisotopic (exact) mass is 492 g/mol. The van der Waals surface area contributed by atoms with Crippen molar-refractivity contribution in [1.29, 1.82) is 0 Å². The number of anilines is 1. The molecular weight excluding hydrogens is 465 g/mol. The first kappa shape index (κ1) is 24.1. The Morgan fingerprint density at radius 1 is 0.833 bits per heavy atom. The molecule has 1 aliphatic heterocycles. The van der Waals surface area contributed by atoms with E-state index in [1.54, 1.807) is 7.11 Å². The van der Waals surface area contributed by atoms with Gasteiger partial charge in [-0.1, -0.05) is 36.4 Å². The molecule has 1 aromatic heterocycles. The summed E-state index contributed by atoms with van der Waals surface area (Å²) in [6, 6.07) is 19.0. The first-order valence-electron chi connectivity index (χ1n) is 11.9. The Morgan fingerprint density at radius 3 is 2.14 bits per heavy atom. The summed E-state index contributed by atoms with van der Waals surface area (Å²) in [4.78, 5) is 6.95. The number of halogens is 3. The summed E-state index contributed by atoms with van der Waals surface area (Å²) < 4.78 is 50.7. The summed E-state index contributed by atoms with van der Waals surface area (Å²) in [5.41, 5.74) is 2.71. The SMILES string of the molecule is COc1c(-c2ccc(N3CC(C)OC(C)C3)nc2)ccc2c(-c3ccc(C(F)(F)F)cc3)cccc12. The van der Waals surface area contributed by atoms with Gasteiger partial charge in [-0.05, 0) is 60.7 Å². The molecule has 0 N–H and O–H groups in total. The molecule has 1 aliphatic rings. The number of hydrogen-bond donors (Lipinski definition) is 0. The van der Waals surface area contributed by atoms with Gasteiger partial charge in [-0.15, -0.1) is 0 Å². The van der Waals surface area contributed by atoms with E-state index in [9.17, 15) is 13.2 Å². The molecule has 0 amide bonds. The van der Waals surface area contributed by atoms with Crippen molar-refractivity contribution in [2.45, 2.75) is 32.2 Å². The fourth-order valence-corrected chi connectivity index (χ4v) is 4.97. The maximum Gasteiger partial charge on any atom is 0.416 e. The summed E-state index contributed by atoms with van der Waals surface area (Å²) in [6.07, 6.45) is -2.22. The average Bonchev–Trinajstić information content (AvgIpc) is 2.86. The van der Waals surface area contributed by atoms with Gasteiger partial charge in [0.25, 0.3) is 0 Å². The molecule has 0 saturated carbocycles. The third-order valence-electron chi connectivity index (χ3n) is 6.54. The van der Waals surface area contributed by atoms with Crippen molar-refractivity contribution in [2.24, 2.45) is 0 Å². The van der Waals surface area contributed by atoms with Crippen molar-refractivity contribution < 1.29 is 22.6 Å². The van der Waals surface area contributed by atoms with Crippen molar-refractivity contribution in [3.63, 3.8) is 0 Å². The fraction of sp³-hybridized carbons (Fsp3) is 0.276. The number of methoxy groups -OCH3 is 1. The van der Waals surface area contributed by atoms with E-state index in [0.29, 0.717) is 11.3 Å². The second-order valence-corrected chi connectivity index (χ2v) is 9.19. The van der Waals surface area contributed by atoms with Crippen LogP contribution in [0.4, 0.5) is 19.0 Å². The maximum absolute atomic E-state index is 13.0. The van der Waals surface area contributed by atoms with Gasteiger partial charge in [0.1, 0.15) is 11.6 Å². The van der Waals surface area contributed by atoms with Crippen LogP contribution in [0.25, 0.3) is 33.0 Å². The number of nitrogens with zero attached hydrogens (tertiary/aromatic N) is 2. The molecule has 0 bridgehead atoms. The van der Waals surface area contributed by atoms with Gasteiger partial charge < -0.3 is 14.4 Å². The predicted octanol–water partition coefficient (Wildman–Crippen LogP) is 7.21. The van der Waals surface area contributed by atoms with Crippen LogP contribution in [0.1, 0.15) is 19.4 Å². The number of ether oxygens (including phenoxy) is 2. The van der Waals surface area contributed by atoms with Crippen LogP contribution in [-0.2, 0) is 10.9 Å². The number of fused-ring (bicyclic) bond motifs is 1. The summed E-state index contributed by atoms with van der Waals surface area (Å²) in [7, 11) is 1.63. The van der Waals surface area contributed by atoms with Gasteiger partial charge in [-0.2, -0.15) is 13.2 Å². The summed E-state index contributed by atoms with van der Waals surface area (Å²) in [5, 5.41) is 1.78. The highest BCUT2D eigenvalue weighted by molar-refractivity contribution is 6.03. The smallest absolute Gasteiger partial charge is 0.416 e. The number of benzene rings is 3. The van der Waals surface area contributed by atoms with Crippen LogP contribution in [0.2, 0.25) is 0 Å². The van der Waals surface area contributed by atoms with Gasteiger partial charge in [0.05, 0.1) is 24.9 Å². The molecule has 3 aromatic carbocycles. The first-order valence-corrected chi connectivity index (χ1v) is 11.9. The zero-order chi connectivity index (χ0) is 25.4. The van der Waals surface area contributed by atoms with E-state index in [0.717, 1.165) is 58.5 Å². The number of hydrogen-bond acceptors (Lipinski definition) is 4. The zero-order valence-corrected chi connectivity index (χ0v) is 20.3. The lowest BCUT2D eigenvalue weighted by Gasteiger charge is -2.36. The Bertz CT molecular complexity index is 1360. The summed E-state index contributed by atoms with van der Waals surface area (Å²) in [5.74, 6) is 1.61. The van der Waals surface area contributed by atoms with E-state index in [4.69, 9.17) is 14.5 Å². The third-order valence-corrected chi connectivity index (χ3v) is 6.54. The van der Waals surface area contributed by atoms with Crippen LogP contribution in [0.5, 0.6) is 5.75 Å². The molecule has 0 spiro atoms. The number of rotatable bonds is 4. The van der Waals surface area contributed by atoms with Gasteiger partial charge in [0, 0.05) is 35.8 Å². The molecule has 1 saturated heterocycles. The highest BCUT2D eigenvalue weighted by atomic mass is 19.4. The van der Waals surface area contributed by atoms with Crippen molar-refractivity contribution >= 4 is 16.6 Å². The first-order chi connectivity index (χ1) is 17.2. The number of morpholine rings is 1. The van der Waals surface area contributed by atoms with E-state index in [1.165, 1.54) is 12.1 Å². The van der Waals surface area contributed by atoms with E-state index in [-0.39, 0.29) is 12.2 Å². The Kier molecular flexibility index (Phi) is 6.35. The molecule has 2 atom stereocenters. The van der Waals surface area contributed by atoms with Crippen molar-refractivity contribution in [3.05, 3.63) is 78.5 Å². The fourth-order valence-electron chi connectivity index (χ4n) is 4.97. The molecule has 5 rings (SSSR count). The second kappa shape index (κ2) is 9.47. The molecule has 7 heteroatoms. The predicted molar refractivity (Wildman–Crippen MR) is 136 cm³/mol. The van der Waals surface area contributed by atoms with Crippen LogP contribution in [0.3, 0.4) is 0 Å². The van der Waals surface area contributed by atoms with Crippen LogP contribution in [0.15, 0.2) is 72.9 Å². The van der Waals surface area contributed by atoms with Gasteiger partial charge in [-0.3, -0.25) is 0 Å². The van der Waals surface area contributed by atoms with Crippen molar-refractivity contribution in [3.8, 4) is 28.0 Å². The van der Waals surface area contributed by atoms with Crippen LogP contribution in [-0.4, -0.2) is 37.4 Å². The normalized spacial score (nSPS) is 18.4. The van der Waals surface area contributed by atoms with E-state index >= 15 is 0 Å². The Labute approximate surface area is 208 Å². The molecule has 4 aromatic rings. The van der Waals surface area contributed by atoms with Crippen molar-refractivity contribution in [1.82, 2.24) is 4.98 Å². The average molecular weight is 493 g/mol. The van der Waals surface area contributed by atoms with E-state index in [1.807, 2.05) is 48.7 Å². The van der Waals surface area contributed by atoms with E-state index in [2.05, 4.69) is 18.7 Å². The van der Waals surface area contributed by atoms with Gasteiger partial charge in [0.15, 0.2) is 0 Å². The summed E-state index contributed by atoms with van der Waals surface area (Å²) in [6.45, 7) is 5.72. The van der Waals surface area contributed by atoms with Gasteiger partial charge >= 0.3 is 6.18 Å². The molecule has 186 valence electrons. The highest BCUT2D eigenvalue weighted by Gasteiger charge is 2.30. The number of pyridine rings is 1. The zero-order valence-electron chi connectivity index (χ0n) is 20.3. The van der Waals surface area contributed by atoms with Crippen LogP contribution < -0.4 is 9.64 Å². The molecule has 0 aliphatic carbocycles. The lowest BCUT2D eigenvalue weighted by atomic mass is 9.94. The number of alkyl halides is 3. The molecule has 36 heavy (non-hydrogen) atoms. The maximum atomic E-state index is 13.0. The third kappa shape index (κ3) is 4.63. The minimum absolute atomic E-state index is 0.148. The largest absolute Gasteiger partial charge is 0.495 e.